The lowest BCUT2D eigenvalue weighted by molar-refractivity contribution is -0.133. The first-order chi connectivity index (χ1) is 8.59. The summed E-state index contributed by atoms with van der Waals surface area (Å²) in [5.41, 5.74) is 0.155. The van der Waals surface area contributed by atoms with Crippen molar-refractivity contribution in [2.24, 2.45) is 0 Å². The fraction of sp³-hybridized carbons (Fsp3) is 0.111. The molecule has 94 valence electrons. The van der Waals surface area contributed by atoms with E-state index < -0.39 is 11.8 Å². The average Bonchev–Trinajstić information content (AvgIpc) is 2.69. The van der Waals surface area contributed by atoms with Gasteiger partial charge in [0.2, 0.25) is 5.16 Å². The largest absolute Gasteiger partial charge is 0.481 e. The molecule has 9 heteroatoms. The van der Waals surface area contributed by atoms with Gasteiger partial charge in [0.25, 0.3) is 0 Å². The molecule has 2 aromatic heterocycles. The van der Waals surface area contributed by atoms with Gasteiger partial charge in [-0.25, -0.2) is 9.07 Å². The van der Waals surface area contributed by atoms with Crippen molar-refractivity contribution in [2.75, 3.05) is 11.6 Å². The number of nitrogens with zero attached hydrogens (tertiary/aromatic N) is 4. The molecule has 0 unspecified atom stereocenters. The van der Waals surface area contributed by atoms with Crippen LogP contribution in [0.3, 0.4) is 0 Å². The Hall–Kier alpha value is -2.16. The number of nitrogen functional groups attached to an aromatic ring is 1. The molecule has 3 N–H and O–H groups in total. The summed E-state index contributed by atoms with van der Waals surface area (Å²) in [5.74, 6) is 4.02. The summed E-state index contributed by atoms with van der Waals surface area (Å²) in [6.45, 7) is 0. The maximum Gasteiger partial charge on any atom is 0.313 e. The molecule has 0 atom stereocenters. The Balaban J connectivity index is 2.31. The number of hydrogen-bond acceptors (Lipinski definition) is 6. The van der Waals surface area contributed by atoms with Crippen LogP contribution in [-0.2, 0) is 4.79 Å². The van der Waals surface area contributed by atoms with Crippen LogP contribution in [0, 0.1) is 5.82 Å². The van der Waals surface area contributed by atoms with Gasteiger partial charge in [0.15, 0.2) is 11.6 Å². The maximum atomic E-state index is 13.5. The van der Waals surface area contributed by atoms with Crippen LogP contribution in [0.4, 0.5) is 4.39 Å². The first-order valence-electron chi connectivity index (χ1n) is 4.74. The summed E-state index contributed by atoms with van der Waals surface area (Å²) in [6, 6.07) is 1.41. The molecule has 0 fully saturated rings. The second-order valence-corrected chi connectivity index (χ2v) is 4.16. The van der Waals surface area contributed by atoms with E-state index in [1.165, 1.54) is 12.3 Å². The number of rotatable bonds is 4. The van der Waals surface area contributed by atoms with Crippen molar-refractivity contribution in [3.8, 4) is 11.4 Å². The summed E-state index contributed by atoms with van der Waals surface area (Å²) in [4.78, 5) is 14.0. The topological polar surface area (TPSA) is 107 Å². The maximum absolute atomic E-state index is 13.5. The third-order valence-corrected chi connectivity index (χ3v) is 2.93. The van der Waals surface area contributed by atoms with Crippen LogP contribution in [-0.4, -0.2) is 36.7 Å². The monoisotopic (exact) mass is 269 g/mol. The molecule has 0 saturated heterocycles. The number of carbonyl (C=O) groups is 1. The summed E-state index contributed by atoms with van der Waals surface area (Å²) in [6.07, 6.45) is 2.44. The van der Waals surface area contributed by atoms with Gasteiger partial charge < -0.3 is 10.9 Å². The van der Waals surface area contributed by atoms with Crippen LogP contribution >= 0.6 is 11.8 Å². The number of halogens is 1. The Labute approximate surface area is 105 Å². The van der Waals surface area contributed by atoms with Crippen LogP contribution in [0.15, 0.2) is 23.6 Å². The summed E-state index contributed by atoms with van der Waals surface area (Å²) < 4.78 is 14.5. The first-order valence-corrected chi connectivity index (χ1v) is 5.73. The predicted molar refractivity (Wildman–Crippen MR) is 61.7 cm³/mol. The lowest BCUT2D eigenvalue weighted by atomic mass is 10.2. The second kappa shape index (κ2) is 5.00. The molecule has 2 aromatic rings. The molecule has 0 aromatic carbocycles. The molecule has 2 rings (SSSR count). The molecular weight excluding hydrogens is 261 g/mol. The van der Waals surface area contributed by atoms with E-state index in [-0.39, 0.29) is 22.3 Å². The molecule has 0 bridgehead atoms. The van der Waals surface area contributed by atoms with Crippen LogP contribution < -0.4 is 5.84 Å². The SMILES string of the molecule is Nn1c(SCC(=O)O)nnc1-c1ccncc1F. The van der Waals surface area contributed by atoms with Crippen LogP contribution in [0.1, 0.15) is 0 Å². The van der Waals surface area contributed by atoms with Crippen molar-refractivity contribution in [2.45, 2.75) is 5.16 Å². The third-order valence-electron chi connectivity index (χ3n) is 2.00. The van der Waals surface area contributed by atoms with Crippen molar-refractivity contribution >= 4 is 17.7 Å². The van der Waals surface area contributed by atoms with Gasteiger partial charge in [0, 0.05) is 6.20 Å². The molecule has 0 spiro atoms. The van der Waals surface area contributed by atoms with E-state index in [1.807, 2.05) is 0 Å². The normalized spacial score (nSPS) is 10.5. The Morgan fingerprint density at radius 1 is 1.56 bits per heavy atom. The predicted octanol–water partition coefficient (Wildman–Crippen LogP) is 0.370. The van der Waals surface area contributed by atoms with E-state index in [2.05, 4.69) is 15.2 Å². The number of carboxylic acid groups (broad SMARTS) is 1. The van der Waals surface area contributed by atoms with Gasteiger partial charge in [-0.1, -0.05) is 11.8 Å². The number of aliphatic carboxylic acids is 1. The van der Waals surface area contributed by atoms with Gasteiger partial charge in [0.05, 0.1) is 17.5 Å². The third kappa shape index (κ3) is 2.40. The van der Waals surface area contributed by atoms with E-state index in [4.69, 9.17) is 10.9 Å². The smallest absolute Gasteiger partial charge is 0.313 e. The van der Waals surface area contributed by atoms with Gasteiger partial charge in [-0.15, -0.1) is 10.2 Å². The Morgan fingerprint density at radius 2 is 2.33 bits per heavy atom. The minimum Gasteiger partial charge on any atom is -0.481 e. The number of thioether (sulfide) groups is 1. The van der Waals surface area contributed by atoms with Gasteiger partial charge in [0.1, 0.15) is 0 Å². The van der Waals surface area contributed by atoms with Gasteiger partial charge in [-0.2, -0.15) is 0 Å². The van der Waals surface area contributed by atoms with Crippen molar-refractivity contribution < 1.29 is 14.3 Å². The Morgan fingerprint density at radius 3 is 3.00 bits per heavy atom. The summed E-state index contributed by atoms with van der Waals surface area (Å²) in [7, 11) is 0. The van der Waals surface area contributed by atoms with E-state index in [0.29, 0.717) is 0 Å². The molecule has 0 aliphatic carbocycles. The highest BCUT2D eigenvalue weighted by Gasteiger charge is 2.16. The number of aromatic nitrogens is 4. The minimum absolute atomic E-state index is 0.114. The molecule has 18 heavy (non-hydrogen) atoms. The van der Waals surface area contributed by atoms with Crippen molar-refractivity contribution in [1.82, 2.24) is 19.9 Å². The van der Waals surface area contributed by atoms with Crippen LogP contribution in [0.25, 0.3) is 11.4 Å². The molecule has 0 aliphatic heterocycles. The molecule has 0 saturated carbocycles. The number of hydrogen-bond donors (Lipinski definition) is 2. The van der Waals surface area contributed by atoms with Crippen LogP contribution in [0.2, 0.25) is 0 Å². The van der Waals surface area contributed by atoms with Crippen molar-refractivity contribution in [3.05, 3.63) is 24.3 Å². The van der Waals surface area contributed by atoms with Crippen molar-refractivity contribution in [3.63, 3.8) is 0 Å². The zero-order valence-electron chi connectivity index (χ0n) is 8.95. The highest BCUT2D eigenvalue weighted by Crippen LogP contribution is 2.22. The molecule has 0 aliphatic rings. The first kappa shape index (κ1) is 12.3. The number of nitrogens with two attached hydrogens (primary N) is 1. The van der Waals surface area contributed by atoms with Crippen LogP contribution in [0.5, 0.6) is 0 Å². The Bertz CT molecular complexity index is 588. The fourth-order valence-corrected chi connectivity index (χ4v) is 1.82. The van der Waals surface area contributed by atoms with Gasteiger partial charge >= 0.3 is 5.97 Å². The fourth-order valence-electron chi connectivity index (χ4n) is 1.24. The average molecular weight is 269 g/mol. The second-order valence-electron chi connectivity index (χ2n) is 3.21. The molecule has 0 radical (unpaired) electrons. The number of carboxylic acids is 1. The zero-order chi connectivity index (χ0) is 13.1. The van der Waals surface area contributed by atoms with E-state index >= 15 is 0 Å². The highest BCUT2D eigenvalue weighted by molar-refractivity contribution is 7.99. The lowest BCUT2D eigenvalue weighted by Crippen LogP contribution is -2.13. The quantitative estimate of drug-likeness (QED) is 0.610. The molecular formula is C9H8FN5O2S. The zero-order valence-corrected chi connectivity index (χ0v) is 9.76. The molecule has 2 heterocycles. The molecule has 0 amide bonds. The summed E-state index contributed by atoms with van der Waals surface area (Å²) >= 11 is 0.903. The van der Waals surface area contributed by atoms with Gasteiger partial charge in [-0.3, -0.25) is 9.78 Å². The van der Waals surface area contributed by atoms with Crippen molar-refractivity contribution in [1.29, 1.82) is 0 Å². The number of pyridine rings is 1. The van der Waals surface area contributed by atoms with Gasteiger partial charge in [-0.05, 0) is 6.07 Å². The minimum atomic E-state index is -1.00. The molecule has 7 nitrogen and oxygen atoms in total. The van der Waals surface area contributed by atoms with E-state index in [1.54, 1.807) is 0 Å². The van der Waals surface area contributed by atoms with E-state index in [0.717, 1.165) is 22.6 Å². The summed E-state index contributed by atoms with van der Waals surface area (Å²) in [5, 5.41) is 16.2. The lowest BCUT2D eigenvalue weighted by Gasteiger charge is -2.03. The Kier molecular flexibility index (Phi) is 3.42. The van der Waals surface area contributed by atoms with E-state index in [9.17, 15) is 9.18 Å². The standard InChI is InChI=1S/C9H8FN5O2S/c10-6-3-12-2-1-5(6)8-13-14-9(15(8)11)18-4-7(16)17/h1-3H,4,11H2,(H,16,17). The highest BCUT2D eigenvalue weighted by atomic mass is 32.2.